The predicted octanol–water partition coefficient (Wildman–Crippen LogP) is 5.16. The van der Waals surface area contributed by atoms with E-state index in [9.17, 15) is 0 Å². The quantitative estimate of drug-likeness (QED) is 0.246. The first-order valence-corrected chi connectivity index (χ1v) is 8.80. The minimum absolute atomic E-state index is 0.913. The van der Waals surface area contributed by atoms with Crippen LogP contribution in [0.4, 0.5) is 0 Å². The zero-order chi connectivity index (χ0) is 16.8. The second-order valence-corrected chi connectivity index (χ2v) is 5.63. The second-order valence-electron chi connectivity index (χ2n) is 5.63. The van der Waals surface area contributed by atoms with Crippen molar-refractivity contribution in [1.82, 2.24) is 0 Å². The Morgan fingerprint density at radius 3 is 2.48 bits per heavy atom. The molecule has 0 fully saturated rings. The van der Waals surface area contributed by atoms with Crippen LogP contribution in [0.25, 0.3) is 6.08 Å². The molecule has 0 bridgehead atoms. The first-order chi connectivity index (χ1) is 11.3. The van der Waals surface area contributed by atoms with Gasteiger partial charge in [0.1, 0.15) is 6.54 Å². The third-order valence-corrected chi connectivity index (χ3v) is 3.53. The molecule has 2 heteroatoms. The first-order valence-electron chi connectivity index (χ1n) is 8.80. The Kier molecular flexibility index (Phi) is 10.4. The summed E-state index contributed by atoms with van der Waals surface area (Å²) < 4.78 is 2.24. The van der Waals surface area contributed by atoms with E-state index >= 15 is 0 Å². The third-order valence-electron chi connectivity index (χ3n) is 3.53. The van der Waals surface area contributed by atoms with Crippen LogP contribution >= 0.6 is 0 Å². The number of aromatic nitrogens is 1. The van der Waals surface area contributed by atoms with Gasteiger partial charge >= 0.3 is 0 Å². The van der Waals surface area contributed by atoms with E-state index < -0.39 is 0 Å². The predicted molar refractivity (Wildman–Crippen MR) is 102 cm³/mol. The summed E-state index contributed by atoms with van der Waals surface area (Å²) in [6, 6.07) is 4.32. The van der Waals surface area contributed by atoms with Crippen LogP contribution in [0.3, 0.4) is 0 Å². The fourth-order valence-electron chi connectivity index (χ4n) is 2.08. The van der Waals surface area contributed by atoms with Crippen molar-refractivity contribution < 1.29 is 4.57 Å². The van der Waals surface area contributed by atoms with Crippen molar-refractivity contribution in [2.24, 2.45) is 4.99 Å². The molecule has 1 aromatic heterocycles. The molecule has 1 rings (SSSR count). The van der Waals surface area contributed by atoms with Crippen molar-refractivity contribution in [3.05, 3.63) is 60.0 Å². The Morgan fingerprint density at radius 2 is 1.83 bits per heavy atom. The zero-order valence-corrected chi connectivity index (χ0v) is 14.9. The normalized spacial score (nSPS) is 12.9. The molecule has 0 radical (unpaired) electrons. The maximum Gasteiger partial charge on any atom is 0.169 e. The van der Waals surface area contributed by atoms with Crippen LogP contribution in [-0.2, 0) is 6.54 Å². The van der Waals surface area contributed by atoms with E-state index in [0.717, 1.165) is 25.1 Å². The standard InChI is InChI=1S/C21H31N2/c1-4-7-15-22-16-12-20(9-6-3)10-11-21-13-18-23(19-14-21)17-8-5-2/h6,9-14,16,18-19H,4-5,7-8,15,17H2,1-3H3/q+1/b9-6-,11-10+,20-12+,22-16+. The summed E-state index contributed by atoms with van der Waals surface area (Å²) in [6.45, 7) is 8.45. The summed E-state index contributed by atoms with van der Waals surface area (Å²) in [7, 11) is 0. The Bertz CT molecular complexity index is 533. The van der Waals surface area contributed by atoms with Crippen LogP contribution in [-0.4, -0.2) is 12.8 Å². The number of hydrogen-bond donors (Lipinski definition) is 0. The molecule has 0 atom stereocenters. The van der Waals surface area contributed by atoms with E-state index in [-0.39, 0.29) is 0 Å². The molecule has 124 valence electrons. The third kappa shape index (κ3) is 8.92. The molecule has 0 aliphatic carbocycles. The number of nitrogens with zero attached hydrogens (tertiary/aromatic N) is 2. The van der Waals surface area contributed by atoms with Crippen molar-refractivity contribution in [3.8, 4) is 0 Å². The molecule has 0 unspecified atom stereocenters. The molecule has 0 spiro atoms. The molecule has 2 nitrogen and oxygen atoms in total. The van der Waals surface area contributed by atoms with Gasteiger partial charge in [-0.05, 0) is 30.6 Å². The molecule has 0 saturated carbocycles. The van der Waals surface area contributed by atoms with E-state index in [1.807, 2.05) is 13.1 Å². The summed E-state index contributed by atoms with van der Waals surface area (Å²) in [6.07, 6.45) is 21.5. The average molecular weight is 311 g/mol. The lowest BCUT2D eigenvalue weighted by atomic mass is 10.1. The van der Waals surface area contributed by atoms with Crippen LogP contribution in [0.15, 0.2) is 59.4 Å². The van der Waals surface area contributed by atoms with Crippen LogP contribution in [0.5, 0.6) is 0 Å². The lowest BCUT2D eigenvalue weighted by Gasteiger charge is -1.97. The Hall–Kier alpha value is -1.96. The number of rotatable bonds is 10. The molecule has 0 saturated heterocycles. The van der Waals surface area contributed by atoms with Crippen LogP contribution in [0.2, 0.25) is 0 Å². The highest BCUT2D eigenvalue weighted by Crippen LogP contribution is 2.05. The maximum atomic E-state index is 4.41. The summed E-state index contributed by atoms with van der Waals surface area (Å²) in [5.41, 5.74) is 2.38. The molecule has 23 heavy (non-hydrogen) atoms. The van der Waals surface area contributed by atoms with Gasteiger partial charge in [-0.2, -0.15) is 0 Å². The molecular formula is C21H31N2+. The second kappa shape index (κ2) is 12.6. The minimum atomic E-state index is 0.913. The van der Waals surface area contributed by atoms with Crippen LogP contribution in [0, 0.1) is 0 Å². The van der Waals surface area contributed by atoms with Crippen molar-refractivity contribution in [2.45, 2.75) is 53.0 Å². The Labute approximate surface area is 142 Å². The number of unbranched alkanes of at least 4 members (excludes halogenated alkanes) is 2. The smallest absolute Gasteiger partial charge is 0.169 e. The average Bonchev–Trinajstić information content (AvgIpc) is 2.58. The highest BCUT2D eigenvalue weighted by Gasteiger charge is 1.98. The Balaban J connectivity index is 2.66. The fourth-order valence-corrected chi connectivity index (χ4v) is 2.08. The number of pyridine rings is 1. The van der Waals surface area contributed by atoms with E-state index in [1.165, 1.54) is 24.8 Å². The van der Waals surface area contributed by atoms with Gasteiger partial charge in [-0.25, -0.2) is 4.57 Å². The summed E-state index contributed by atoms with van der Waals surface area (Å²) in [5.74, 6) is 0. The molecular weight excluding hydrogens is 280 g/mol. The summed E-state index contributed by atoms with van der Waals surface area (Å²) >= 11 is 0. The first kappa shape index (κ1) is 19.1. The summed E-state index contributed by atoms with van der Waals surface area (Å²) in [5, 5.41) is 0. The number of allylic oxidation sites excluding steroid dienone is 5. The molecule has 0 aliphatic heterocycles. The minimum Gasteiger partial charge on any atom is -0.293 e. The van der Waals surface area contributed by atoms with Crippen molar-refractivity contribution in [3.63, 3.8) is 0 Å². The van der Waals surface area contributed by atoms with E-state index in [1.54, 1.807) is 0 Å². The van der Waals surface area contributed by atoms with E-state index in [4.69, 9.17) is 0 Å². The van der Waals surface area contributed by atoms with Crippen molar-refractivity contribution in [2.75, 3.05) is 6.54 Å². The molecule has 0 N–H and O–H groups in total. The Morgan fingerprint density at radius 1 is 1.09 bits per heavy atom. The van der Waals surface area contributed by atoms with Gasteiger partial charge in [0.15, 0.2) is 12.4 Å². The number of hydrogen-bond acceptors (Lipinski definition) is 1. The maximum absolute atomic E-state index is 4.41. The lowest BCUT2D eigenvalue weighted by molar-refractivity contribution is -0.697. The lowest BCUT2D eigenvalue weighted by Crippen LogP contribution is -2.32. The summed E-state index contributed by atoms with van der Waals surface area (Å²) in [4.78, 5) is 4.41. The van der Waals surface area contributed by atoms with Crippen LogP contribution < -0.4 is 4.57 Å². The van der Waals surface area contributed by atoms with Crippen molar-refractivity contribution in [1.29, 1.82) is 0 Å². The van der Waals surface area contributed by atoms with Crippen molar-refractivity contribution >= 4 is 12.3 Å². The fraction of sp³-hybridized carbons (Fsp3) is 0.429. The number of aryl methyl sites for hydroxylation is 1. The van der Waals surface area contributed by atoms with Crippen LogP contribution in [0.1, 0.15) is 52.0 Å². The zero-order valence-electron chi connectivity index (χ0n) is 14.9. The van der Waals surface area contributed by atoms with Gasteiger partial charge < -0.3 is 0 Å². The van der Waals surface area contributed by atoms with Gasteiger partial charge in [-0.3, -0.25) is 4.99 Å². The van der Waals surface area contributed by atoms with Gasteiger partial charge in [0.25, 0.3) is 0 Å². The molecule has 0 aliphatic rings. The van der Waals surface area contributed by atoms with Gasteiger partial charge in [-0.1, -0.05) is 51.0 Å². The largest absolute Gasteiger partial charge is 0.293 e. The van der Waals surface area contributed by atoms with E-state index in [0.29, 0.717) is 0 Å². The topological polar surface area (TPSA) is 16.2 Å². The molecule has 1 aromatic rings. The van der Waals surface area contributed by atoms with Gasteiger partial charge in [0, 0.05) is 31.3 Å². The highest BCUT2D eigenvalue weighted by atomic mass is 14.9. The monoisotopic (exact) mass is 311 g/mol. The molecule has 1 heterocycles. The van der Waals surface area contributed by atoms with Gasteiger partial charge in [0.2, 0.25) is 0 Å². The SMILES string of the molecule is C\C=C/C(/C=C/c1cc[n+](CCCC)cc1)=C\C=N\CCCC. The molecule has 0 amide bonds. The highest BCUT2D eigenvalue weighted by molar-refractivity contribution is 5.75. The number of aliphatic imine (C=N–C) groups is 1. The van der Waals surface area contributed by atoms with Gasteiger partial charge in [-0.15, -0.1) is 0 Å². The molecule has 0 aromatic carbocycles. The van der Waals surface area contributed by atoms with E-state index in [2.05, 4.69) is 78.3 Å². The van der Waals surface area contributed by atoms with Gasteiger partial charge in [0.05, 0.1) is 0 Å².